The minimum Gasteiger partial charge on any atom is -0.366 e. The number of amides is 1. The molecule has 2 saturated carbocycles. The SMILES string of the molecule is O=C1[C@H](OCC2CC2)C2(CCCCC2)N1C1CCNCC1. The highest BCUT2D eigenvalue weighted by Gasteiger charge is 2.62. The number of nitrogens with one attached hydrogen (secondary N) is 1. The van der Waals surface area contributed by atoms with Crippen molar-refractivity contribution in [1.82, 2.24) is 10.2 Å². The first kappa shape index (κ1) is 14.0. The van der Waals surface area contributed by atoms with Crippen LogP contribution in [0.4, 0.5) is 0 Å². The third-order valence-electron chi connectivity index (χ3n) is 6.02. The molecule has 0 radical (unpaired) electrons. The predicted molar refractivity (Wildman–Crippen MR) is 81.0 cm³/mol. The lowest BCUT2D eigenvalue weighted by Crippen LogP contribution is -2.78. The normalized spacial score (nSPS) is 33.2. The Morgan fingerprint density at radius 1 is 1.10 bits per heavy atom. The molecule has 1 atom stereocenters. The van der Waals surface area contributed by atoms with Gasteiger partial charge in [0.05, 0.1) is 12.1 Å². The fraction of sp³-hybridized carbons (Fsp3) is 0.941. The van der Waals surface area contributed by atoms with Crippen molar-refractivity contribution in [3.05, 3.63) is 0 Å². The van der Waals surface area contributed by atoms with Gasteiger partial charge in [0.25, 0.3) is 5.91 Å². The molecule has 0 aromatic carbocycles. The minimum atomic E-state index is -0.117. The Bertz CT molecular complexity index is 396. The van der Waals surface area contributed by atoms with Gasteiger partial charge in [0.1, 0.15) is 0 Å². The molecule has 0 aromatic rings. The molecule has 0 unspecified atom stereocenters. The highest BCUT2D eigenvalue weighted by molar-refractivity contribution is 5.90. The van der Waals surface area contributed by atoms with E-state index in [9.17, 15) is 4.79 Å². The first-order valence-electron chi connectivity index (χ1n) is 8.97. The highest BCUT2D eigenvalue weighted by atomic mass is 16.5. The molecule has 4 fully saturated rings. The number of β-lactam (4-membered cyclic amide) rings is 1. The van der Waals surface area contributed by atoms with E-state index in [0.29, 0.717) is 11.9 Å². The molecule has 4 aliphatic rings. The van der Waals surface area contributed by atoms with Gasteiger partial charge in [-0.25, -0.2) is 0 Å². The maximum absolute atomic E-state index is 12.7. The molecule has 0 bridgehead atoms. The van der Waals surface area contributed by atoms with Gasteiger partial charge in [-0.3, -0.25) is 4.79 Å². The summed E-state index contributed by atoms with van der Waals surface area (Å²) in [6.07, 6.45) is 10.9. The summed E-state index contributed by atoms with van der Waals surface area (Å²) < 4.78 is 6.12. The maximum atomic E-state index is 12.7. The zero-order valence-electron chi connectivity index (χ0n) is 13.0. The zero-order valence-corrected chi connectivity index (χ0v) is 13.0. The molecule has 0 aromatic heterocycles. The molecule has 4 nitrogen and oxygen atoms in total. The van der Waals surface area contributed by atoms with Crippen LogP contribution in [0.25, 0.3) is 0 Å². The van der Waals surface area contributed by atoms with Crippen LogP contribution >= 0.6 is 0 Å². The highest BCUT2D eigenvalue weighted by Crippen LogP contribution is 2.48. The zero-order chi connectivity index (χ0) is 14.3. The first-order valence-corrected chi connectivity index (χ1v) is 8.97. The number of hydrogen-bond acceptors (Lipinski definition) is 3. The largest absolute Gasteiger partial charge is 0.366 e. The van der Waals surface area contributed by atoms with Gasteiger partial charge in [-0.15, -0.1) is 0 Å². The van der Waals surface area contributed by atoms with E-state index in [1.54, 1.807) is 0 Å². The molecule has 2 aliphatic heterocycles. The van der Waals surface area contributed by atoms with Gasteiger partial charge in [0.15, 0.2) is 6.10 Å². The lowest BCUT2D eigenvalue weighted by molar-refractivity contribution is -0.210. The molecule has 1 amide bonds. The van der Waals surface area contributed by atoms with Crippen molar-refractivity contribution in [2.24, 2.45) is 5.92 Å². The molecule has 2 saturated heterocycles. The number of piperidine rings is 1. The van der Waals surface area contributed by atoms with Crippen LogP contribution in [0.5, 0.6) is 0 Å². The number of rotatable bonds is 4. The fourth-order valence-electron chi connectivity index (χ4n) is 4.65. The number of hydrogen-bond donors (Lipinski definition) is 1. The monoisotopic (exact) mass is 292 g/mol. The Balaban J connectivity index is 1.49. The lowest BCUT2D eigenvalue weighted by Gasteiger charge is -2.62. The molecule has 1 N–H and O–H groups in total. The molecular formula is C17H28N2O2. The van der Waals surface area contributed by atoms with E-state index >= 15 is 0 Å². The Labute approximate surface area is 127 Å². The van der Waals surface area contributed by atoms with Crippen LogP contribution in [0.2, 0.25) is 0 Å². The molecule has 118 valence electrons. The predicted octanol–water partition coefficient (Wildman–Crippen LogP) is 2.08. The third kappa shape index (κ3) is 2.40. The minimum absolute atomic E-state index is 0.0617. The fourth-order valence-corrected chi connectivity index (χ4v) is 4.65. The van der Waals surface area contributed by atoms with Crippen molar-refractivity contribution < 1.29 is 9.53 Å². The van der Waals surface area contributed by atoms with Gasteiger partial charge in [-0.2, -0.15) is 0 Å². The molecule has 2 aliphatic carbocycles. The molecule has 2 heterocycles. The van der Waals surface area contributed by atoms with Gasteiger partial charge in [-0.05, 0) is 57.5 Å². The Kier molecular flexibility index (Phi) is 3.70. The molecule has 21 heavy (non-hydrogen) atoms. The third-order valence-corrected chi connectivity index (χ3v) is 6.02. The summed E-state index contributed by atoms with van der Waals surface area (Å²) in [4.78, 5) is 15.0. The summed E-state index contributed by atoms with van der Waals surface area (Å²) in [5.41, 5.74) is 0.0617. The molecule has 4 heteroatoms. The second-order valence-corrected chi connectivity index (χ2v) is 7.51. The van der Waals surface area contributed by atoms with Crippen molar-refractivity contribution >= 4 is 5.91 Å². The second kappa shape index (κ2) is 5.54. The van der Waals surface area contributed by atoms with Gasteiger partial charge in [-0.1, -0.05) is 19.3 Å². The number of carbonyl (C=O) groups is 1. The van der Waals surface area contributed by atoms with Crippen LogP contribution in [0.15, 0.2) is 0 Å². The van der Waals surface area contributed by atoms with Gasteiger partial charge >= 0.3 is 0 Å². The van der Waals surface area contributed by atoms with Crippen molar-refractivity contribution in [2.45, 2.75) is 75.5 Å². The van der Waals surface area contributed by atoms with Crippen LogP contribution < -0.4 is 5.32 Å². The quantitative estimate of drug-likeness (QED) is 0.807. The lowest BCUT2D eigenvalue weighted by atomic mass is 9.68. The van der Waals surface area contributed by atoms with Gasteiger partial charge in [0.2, 0.25) is 0 Å². The van der Waals surface area contributed by atoms with Crippen LogP contribution in [-0.2, 0) is 9.53 Å². The maximum Gasteiger partial charge on any atom is 0.254 e. The van der Waals surface area contributed by atoms with E-state index in [1.165, 1.54) is 32.1 Å². The summed E-state index contributed by atoms with van der Waals surface area (Å²) in [5.74, 6) is 1.04. The topological polar surface area (TPSA) is 41.6 Å². The van der Waals surface area contributed by atoms with Crippen molar-refractivity contribution in [3.8, 4) is 0 Å². The van der Waals surface area contributed by atoms with Crippen molar-refractivity contribution in [1.29, 1.82) is 0 Å². The summed E-state index contributed by atoms with van der Waals surface area (Å²) >= 11 is 0. The smallest absolute Gasteiger partial charge is 0.254 e. The Hall–Kier alpha value is -0.610. The van der Waals surface area contributed by atoms with E-state index in [2.05, 4.69) is 10.2 Å². The molecule has 4 rings (SSSR count). The van der Waals surface area contributed by atoms with Crippen molar-refractivity contribution in [3.63, 3.8) is 0 Å². The van der Waals surface area contributed by atoms with Crippen LogP contribution in [-0.4, -0.2) is 48.2 Å². The standard InChI is InChI=1S/C17H28N2O2/c20-16-15(21-12-13-4-5-13)17(8-2-1-3-9-17)19(16)14-6-10-18-11-7-14/h13-15,18H,1-12H2/t15-/m0/s1. The van der Waals surface area contributed by atoms with Gasteiger partial charge in [0, 0.05) is 6.04 Å². The van der Waals surface area contributed by atoms with E-state index in [-0.39, 0.29) is 11.6 Å². The summed E-state index contributed by atoms with van der Waals surface area (Å²) in [5, 5.41) is 3.41. The molecule has 1 spiro atoms. The second-order valence-electron chi connectivity index (χ2n) is 7.51. The van der Waals surface area contributed by atoms with Crippen molar-refractivity contribution in [2.75, 3.05) is 19.7 Å². The van der Waals surface area contributed by atoms with E-state index < -0.39 is 0 Å². The Morgan fingerprint density at radius 2 is 1.81 bits per heavy atom. The molecular weight excluding hydrogens is 264 g/mol. The van der Waals surface area contributed by atoms with Crippen LogP contribution in [0.3, 0.4) is 0 Å². The summed E-state index contributed by atoms with van der Waals surface area (Å²) in [6.45, 7) is 2.93. The van der Waals surface area contributed by atoms with E-state index in [1.807, 2.05) is 0 Å². The first-order chi connectivity index (χ1) is 10.3. The number of ether oxygens (including phenoxy) is 1. The van der Waals surface area contributed by atoms with Crippen LogP contribution in [0.1, 0.15) is 57.8 Å². The number of likely N-dealkylation sites (tertiary alicyclic amines) is 1. The Morgan fingerprint density at radius 3 is 2.48 bits per heavy atom. The van der Waals surface area contributed by atoms with Crippen LogP contribution in [0, 0.1) is 5.92 Å². The number of nitrogens with zero attached hydrogens (tertiary/aromatic N) is 1. The average Bonchev–Trinajstić information content (AvgIpc) is 3.34. The average molecular weight is 292 g/mol. The van der Waals surface area contributed by atoms with Gasteiger partial charge < -0.3 is 15.0 Å². The van der Waals surface area contributed by atoms with E-state index in [4.69, 9.17) is 4.74 Å². The van der Waals surface area contributed by atoms with E-state index in [0.717, 1.165) is 51.3 Å². The summed E-state index contributed by atoms with van der Waals surface area (Å²) in [7, 11) is 0. The summed E-state index contributed by atoms with van der Waals surface area (Å²) in [6, 6.07) is 0.456. The number of carbonyl (C=O) groups excluding carboxylic acids is 1.